The van der Waals surface area contributed by atoms with Crippen LogP contribution in [0.2, 0.25) is 0 Å². The maximum absolute atomic E-state index is 12.7. The molecule has 0 aliphatic carbocycles. The van der Waals surface area contributed by atoms with E-state index in [-0.39, 0.29) is 23.6 Å². The highest BCUT2D eigenvalue weighted by molar-refractivity contribution is 6.17. The summed E-state index contributed by atoms with van der Waals surface area (Å²) in [5, 5.41) is 2.46. The van der Waals surface area contributed by atoms with Gasteiger partial charge in [-0.15, -0.1) is 11.6 Å². The van der Waals surface area contributed by atoms with Crippen molar-refractivity contribution in [2.24, 2.45) is 0 Å². The lowest BCUT2D eigenvalue weighted by Crippen LogP contribution is -2.13. The molecule has 0 aromatic heterocycles. The number of halogens is 4. The topological polar surface area (TPSA) is 29.1 Å². The van der Waals surface area contributed by atoms with Crippen molar-refractivity contribution < 1.29 is 18.0 Å². The standard InChI is InChI=1S/C13H15ClF3NO/c1-9-5-6-10(8-11(9)13(15,16)17)18-12(19)4-2-3-7-14/h5-6,8H,2-4,7H2,1H3,(H,18,19). The average molecular weight is 294 g/mol. The molecule has 0 atom stereocenters. The molecule has 6 heteroatoms. The highest BCUT2D eigenvalue weighted by Gasteiger charge is 2.32. The number of hydrogen-bond donors (Lipinski definition) is 1. The highest BCUT2D eigenvalue weighted by Crippen LogP contribution is 2.33. The maximum atomic E-state index is 12.7. The third-order valence-corrected chi connectivity index (χ3v) is 2.88. The van der Waals surface area contributed by atoms with Crippen molar-refractivity contribution in [1.82, 2.24) is 0 Å². The Balaban J connectivity index is 2.72. The van der Waals surface area contributed by atoms with E-state index in [9.17, 15) is 18.0 Å². The summed E-state index contributed by atoms with van der Waals surface area (Å²) >= 11 is 5.48. The van der Waals surface area contributed by atoms with Crippen molar-refractivity contribution in [2.75, 3.05) is 11.2 Å². The number of unbranched alkanes of at least 4 members (excludes halogenated alkanes) is 1. The maximum Gasteiger partial charge on any atom is 0.416 e. The zero-order valence-corrected chi connectivity index (χ0v) is 11.2. The fraction of sp³-hybridized carbons (Fsp3) is 0.462. The van der Waals surface area contributed by atoms with Gasteiger partial charge in [0.25, 0.3) is 0 Å². The minimum absolute atomic E-state index is 0.132. The summed E-state index contributed by atoms with van der Waals surface area (Å²) < 4.78 is 38.1. The smallest absolute Gasteiger partial charge is 0.326 e. The summed E-state index contributed by atoms with van der Waals surface area (Å²) in [5.74, 6) is 0.165. The molecule has 1 N–H and O–H groups in total. The van der Waals surface area contributed by atoms with E-state index in [0.29, 0.717) is 18.7 Å². The first-order chi connectivity index (χ1) is 8.84. The van der Waals surface area contributed by atoms with Crippen LogP contribution in [-0.4, -0.2) is 11.8 Å². The van der Waals surface area contributed by atoms with Crippen molar-refractivity contribution in [3.63, 3.8) is 0 Å². The Morgan fingerprint density at radius 1 is 1.32 bits per heavy atom. The molecular formula is C13H15ClF3NO. The molecule has 0 saturated heterocycles. The highest BCUT2D eigenvalue weighted by atomic mass is 35.5. The molecule has 0 aliphatic rings. The number of aryl methyl sites for hydroxylation is 1. The fourth-order valence-corrected chi connectivity index (χ4v) is 1.80. The minimum atomic E-state index is -4.41. The number of rotatable bonds is 5. The van der Waals surface area contributed by atoms with Gasteiger partial charge in [0.15, 0.2) is 0 Å². The Hall–Kier alpha value is -1.23. The van der Waals surface area contributed by atoms with E-state index in [2.05, 4.69) is 5.32 Å². The van der Waals surface area contributed by atoms with Crippen molar-refractivity contribution in [2.45, 2.75) is 32.4 Å². The zero-order valence-electron chi connectivity index (χ0n) is 10.5. The third-order valence-electron chi connectivity index (χ3n) is 2.61. The van der Waals surface area contributed by atoms with E-state index in [1.54, 1.807) is 0 Å². The molecule has 0 saturated carbocycles. The molecule has 2 nitrogen and oxygen atoms in total. The van der Waals surface area contributed by atoms with Crippen molar-refractivity contribution >= 4 is 23.2 Å². The molecule has 0 unspecified atom stereocenters. The first-order valence-corrected chi connectivity index (χ1v) is 6.41. The number of carbonyl (C=O) groups is 1. The lowest BCUT2D eigenvalue weighted by atomic mass is 10.1. The Morgan fingerprint density at radius 2 is 2.00 bits per heavy atom. The summed E-state index contributed by atoms with van der Waals surface area (Å²) in [7, 11) is 0. The Kier molecular flexibility index (Phi) is 5.66. The molecule has 0 aliphatic heterocycles. The van der Waals surface area contributed by atoms with E-state index >= 15 is 0 Å². The van der Waals surface area contributed by atoms with Crippen LogP contribution in [-0.2, 0) is 11.0 Å². The lowest BCUT2D eigenvalue weighted by Gasteiger charge is -2.12. The van der Waals surface area contributed by atoms with Crippen LogP contribution < -0.4 is 5.32 Å². The van der Waals surface area contributed by atoms with E-state index in [0.717, 1.165) is 6.07 Å². The summed E-state index contributed by atoms with van der Waals surface area (Å²) in [6, 6.07) is 3.76. The third kappa shape index (κ3) is 5.11. The largest absolute Gasteiger partial charge is 0.416 e. The predicted octanol–water partition coefficient (Wildman–Crippen LogP) is 4.36. The van der Waals surface area contributed by atoms with Crippen molar-refractivity contribution in [3.8, 4) is 0 Å². The average Bonchev–Trinajstić information content (AvgIpc) is 2.30. The van der Waals surface area contributed by atoms with E-state index in [1.807, 2.05) is 0 Å². The second-order valence-corrected chi connectivity index (χ2v) is 4.60. The van der Waals surface area contributed by atoms with Gasteiger partial charge in [0.05, 0.1) is 5.56 Å². The van der Waals surface area contributed by atoms with Crippen LogP contribution in [0.25, 0.3) is 0 Å². The van der Waals surface area contributed by atoms with Gasteiger partial charge in [0.1, 0.15) is 0 Å². The molecule has 0 fully saturated rings. The first-order valence-electron chi connectivity index (χ1n) is 5.88. The Labute approximate surface area is 114 Å². The number of carbonyl (C=O) groups excluding carboxylic acids is 1. The quantitative estimate of drug-likeness (QED) is 0.634. The second-order valence-electron chi connectivity index (χ2n) is 4.22. The van der Waals surface area contributed by atoms with Crippen LogP contribution in [0.15, 0.2) is 18.2 Å². The molecule has 106 valence electrons. The van der Waals surface area contributed by atoms with E-state index < -0.39 is 11.7 Å². The molecule has 0 radical (unpaired) electrons. The van der Waals surface area contributed by atoms with Crippen molar-refractivity contribution in [1.29, 1.82) is 0 Å². The van der Waals surface area contributed by atoms with Gasteiger partial charge in [0, 0.05) is 18.0 Å². The number of anilines is 1. The number of hydrogen-bond acceptors (Lipinski definition) is 1. The van der Waals surface area contributed by atoms with Gasteiger partial charge in [-0.3, -0.25) is 4.79 Å². The number of alkyl halides is 4. The monoisotopic (exact) mass is 293 g/mol. The molecular weight excluding hydrogens is 279 g/mol. The van der Waals surface area contributed by atoms with E-state index in [1.165, 1.54) is 19.1 Å². The van der Waals surface area contributed by atoms with Gasteiger partial charge in [-0.1, -0.05) is 6.07 Å². The second kappa shape index (κ2) is 6.80. The van der Waals surface area contributed by atoms with Gasteiger partial charge in [-0.2, -0.15) is 13.2 Å². The van der Waals surface area contributed by atoms with Crippen LogP contribution in [0.3, 0.4) is 0 Å². The lowest BCUT2D eigenvalue weighted by molar-refractivity contribution is -0.138. The summed E-state index contributed by atoms with van der Waals surface area (Å²) in [4.78, 5) is 11.5. The van der Waals surface area contributed by atoms with Crippen LogP contribution >= 0.6 is 11.6 Å². The minimum Gasteiger partial charge on any atom is -0.326 e. The van der Waals surface area contributed by atoms with Gasteiger partial charge >= 0.3 is 6.18 Å². The van der Waals surface area contributed by atoms with Gasteiger partial charge in [0.2, 0.25) is 5.91 Å². The fourth-order valence-electron chi connectivity index (χ4n) is 1.61. The first kappa shape index (κ1) is 15.8. The van der Waals surface area contributed by atoms with Gasteiger partial charge in [-0.25, -0.2) is 0 Å². The number of amides is 1. The summed E-state index contributed by atoms with van der Waals surface area (Å²) in [6.07, 6.45) is -2.84. The normalized spacial score (nSPS) is 11.4. The summed E-state index contributed by atoms with van der Waals surface area (Å²) in [6.45, 7) is 1.38. The SMILES string of the molecule is Cc1ccc(NC(=O)CCCCCl)cc1C(F)(F)F. The number of nitrogens with one attached hydrogen (secondary N) is 1. The molecule has 1 amide bonds. The Bertz CT molecular complexity index is 446. The van der Waals surface area contributed by atoms with Crippen molar-refractivity contribution in [3.05, 3.63) is 29.3 Å². The number of benzene rings is 1. The zero-order chi connectivity index (χ0) is 14.5. The van der Waals surface area contributed by atoms with Gasteiger partial charge < -0.3 is 5.32 Å². The molecule has 0 spiro atoms. The van der Waals surface area contributed by atoms with Crippen LogP contribution in [0, 0.1) is 6.92 Å². The van der Waals surface area contributed by atoms with E-state index in [4.69, 9.17) is 11.6 Å². The van der Waals surface area contributed by atoms with Crippen LogP contribution in [0.1, 0.15) is 30.4 Å². The molecule has 1 rings (SSSR count). The molecule has 0 heterocycles. The van der Waals surface area contributed by atoms with Gasteiger partial charge in [-0.05, 0) is 37.5 Å². The van der Waals surface area contributed by atoms with Crippen LogP contribution in [0.4, 0.5) is 18.9 Å². The molecule has 0 bridgehead atoms. The predicted molar refractivity (Wildman–Crippen MR) is 69.4 cm³/mol. The molecule has 19 heavy (non-hydrogen) atoms. The Morgan fingerprint density at radius 3 is 2.58 bits per heavy atom. The summed E-state index contributed by atoms with van der Waals surface area (Å²) in [5.41, 5.74) is -0.438. The molecule has 1 aromatic carbocycles. The van der Waals surface area contributed by atoms with Crippen LogP contribution in [0.5, 0.6) is 0 Å². The molecule has 1 aromatic rings.